The van der Waals surface area contributed by atoms with Crippen molar-refractivity contribution < 1.29 is 22.8 Å². The van der Waals surface area contributed by atoms with Gasteiger partial charge in [0.25, 0.3) is 0 Å². The van der Waals surface area contributed by atoms with Crippen LogP contribution in [0.25, 0.3) is 0 Å². The number of hydrogen-bond donors (Lipinski definition) is 2. The Hall–Kier alpha value is -1.78. The van der Waals surface area contributed by atoms with Crippen molar-refractivity contribution in [2.45, 2.75) is 18.2 Å². The molecule has 2 aromatic rings. The van der Waals surface area contributed by atoms with Crippen molar-refractivity contribution >= 4 is 27.3 Å². The number of hydrogen-bond acceptors (Lipinski definition) is 7. The molecule has 0 saturated heterocycles. The molecule has 0 atom stereocenters. The topological polar surface area (TPSA) is 122 Å². The highest BCUT2D eigenvalue weighted by Crippen LogP contribution is 2.19. The first-order chi connectivity index (χ1) is 9.38. The van der Waals surface area contributed by atoms with Crippen LogP contribution in [-0.4, -0.2) is 36.2 Å². The van der Waals surface area contributed by atoms with E-state index in [0.29, 0.717) is 11.7 Å². The minimum atomic E-state index is -3.73. The molecule has 20 heavy (non-hydrogen) atoms. The summed E-state index contributed by atoms with van der Waals surface area (Å²) < 4.78 is 31.0. The quantitative estimate of drug-likeness (QED) is 0.802. The van der Waals surface area contributed by atoms with Gasteiger partial charge < -0.3 is 9.63 Å². The van der Waals surface area contributed by atoms with Crippen molar-refractivity contribution in [3.8, 4) is 0 Å². The Balaban J connectivity index is 1.98. The van der Waals surface area contributed by atoms with Crippen molar-refractivity contribution in [2.75, 3.05) is 6.54 Å². The van der Waals surface area contributed by atoms with E-state index in [1.807, 2.05) is 0 Å². The molecule has 0 fully saturated rings. The minimum absolute atomic E-state index is 0.0297. The van der Waals surface area contributed by atoms with Gasteiger partial charge >= 0.3 is 5.97 Å². The summed E-state index contributed by atoms with van der Waals surface area (Å²) in [5.74, 6) is -0.341. The fourth-order valence-corrected chi connectivity index (χ4v) is 3.53. The molecule has 2 heterocycles. The summed E-state index contributed by atoms with van der Waals surface area (Å²) in [6.45, 7) is 1.75. The average molecular weight is 317 g/mol. The highest BCUT2D eigenvalue weighted by atomic mass is 32.2. The Morgan fingerprint density at radius 3 is 2.85 bits per heavy atom. The van der Waals surface area contributed by atoms with E-state index in [2.05, 4.69) is 14.9 Å². The van der Waals surface area contributed by atoms with E-state index in [1.165, 1.54) is 5.38 Å². The molecular weight excluding hydrogens is 306 g/mol. The molecule has 0 radical (unpaired) electrons. The molecule has 0 spiro atoms. The fraction of sp³-hybridized carbons (Fsp3) is 0.300. The van der Waals surface area contributed by atoms with Crippen LogP contribution in [0.5, 0.6) is 0 Å². The van der Waals surface area contributed by atoms with E-state index >= 15 is 0 Å². The number of aromatic carboxylic acids is 1. The highest BCUT2D eigenvalue weighted by molar-refractivity contribution is 7.89. The number of aromatic nitrogens is 2. The maximum absolute atomic E-state index is 11.9. The van der Waals surface area contributed by atoms with Crippen LogP contribution in [0.2, 0.25) is 0 Å². The molecule has 0 aliphatic carbocycles. The molecule has 0 aliphatic rings. The Bertz CT molecular complexity index is 719. The number of aryl methyl sites for hydroxylation is 1. The lowest BCUT2D eigenvalue weighted by molar-refractivity contribution is 0.0702. The third kappa shape index (κ3) is 3.40. The first-order valence-corrected chi connectivity index (χ1v) is 7.85. The number of nitrogens with one attached hydrogen (secondary N) is 1. The van der Waals surface area contributed by atoms with Gasteiger partial charge in [0.1, 0.15) is 4.88 Å². The summed E-state index contributed by atoms with van der Waals surface area (Å²) in [6, 6.07) is 1.12. The lowest BCUT2D eigenvalue weighted by atomic mass is 10.4. The molecule has 8 nitrogen and oxygen atoms in total. The first kappa shape index (κ1) is 14.6. The van der Waals surface area contributed by atoms with E-state index in [-0.39, 0.29) is 22.7 Å². The molecule has 0 saturated carbocycles. The van der Waals surface area contributed by atoms with Crippen LogP contribution in [-0.2, 0) is 16.4 Å². The van der Waals surface area contributed by atoms with Crippen LogP contribution in [0.1, 0.15) is 21.4 Å². The van der Waals surface area contributed by atoms with Crippen molar-refractivity contribution in [3.05, 3.63) is 28.0 Å². The van der Waals surface area contributed by atoms with Gasteiger partial charge in [0, 0.05) is 18.3 Å². The van der Waals surface area contributed by atoms with Crippen LogP contribution in [0.3, 0.4) is 0 Å². The molecule has 2 aromatic heterocycles. The summed E-state index contributed by atoms with van der Waals surface area (Å²) in [5, 5.41) is 13.6. The maximum Gasteiger partial charge on any atom is 0.345 e. The first-order valence-electron chi connectivity index (χ1n) is 5.49. The monoisotopic (exact) mass is 317 g/mol. The fourth-order valence-electron chi connectivity index (χ4n) is 1.39. The van der Waals surface area contributed by atoms with E-state index in [4.69, 9.17) is 9.63 Å². The number of carboxylic acid groups (broad SMARTS) is 1. The van der Waals surface area contributed by atoms with Crippen molar-refractivity contribution in [2.24, 2.45) is 0 Å². The van der Waals surface area contributed by atoms with Gasteiger partial charge in [-0.2, -0.15) is 4.98 Å². The van der Waals surface area contributed by atoms with E-state index in [1.54, 1.807) is 6.92 Å². The van der Waals surface area contributed by atoms with E-state index in [9.17, 15) is 13.2 Å². The lowest BCUT2D eigenvalue weighted by Gasteiger charge is -2.02. The zero-order valence-corrected chi connectivity index (χ0v) is 12.0. The Morgan fingerprint density at radius 2 is 2.30 bits per heavy atom. The number of carboxylic acids is 1. The standard InChI is InChI=1S/C10H11N3O5S2/c1-6-12-9(18-13-6)2-3-11-20(16,17)7-4-8(10(14)15)19-5-7/h4-5,11H,2-3H2,1H3,(H,14,15). The second-order valence-corrected chi connectivity index (χ2v) is 6.51. The van der Waals surface area contributed by atoms with Crippen molar-refractivity contribution in [1.29, 1.82) is 0 Å². The Kier molecular flexibility index (Phi) is 4.16. The van der Waals surface area contributed by atoms with Crippen molar-refractivity contribution in [3.63, 3.8) is 0 Å². The van der Waals surface area contributed by atoms with Gasteiger partial charge in [-0.25, -0.2) is 17.9 Å². The van der Waals surface area contributed by atoms with Crippen LogP contribution < -0.4 is 4.72 Å². The number of nitrogens with zero attached hydrogens (tertiary/aromatic N) is 2. The smallest absolute Gasteiger partial charge is 0.345 e. The number of rotatable bonds is 6. The molecule has 10 heteroatoms. The van der Waals surface area contributed by atoms with Gasteiger partial charge in [-0.3, -0.25) is 0 Å². The molecule has 0 amide bonds. The SMILES string of the molecule is Cc1noc(CCNS(=O)(=O)c2csc(C(=O)O)c2)n1. The Morgan fingerprint density at radius 1 is 1.55 bits per heavy atom. The van der Waals surface area contributed by atoms with Crippen LogP contribution in [0.15, 0.2) is 20.9 Å². The van der Waals surface area contributed by atoms with Gasteiger partial charge in [0.15, 0.2) is 5.82 Å². The highest BCUT2D eigenvalue weighted by Gasteiger charge is 2.18. The summed E-state index contributed by atoms with van der Waals surface area (Å²) in [5.41, 5.74) is 0. The van der Waals surface area contributed by atoms with Crippen LogP contribution in [0, 0.1) is 6.92 Å². The lowest BCUT2D eigenvalue weighted by Crippen LogP contribution is -2.25. The molecule has 108 valence electrons. The van der Waals surface area contributed by atoms with Gasteiger partial charge in [0.05, 0.1) is 4.90 Å². The zero-order chi connectivity index (χ0) is 14.8. The van der Waals surface area contributed by atoms with E-state index in [0.717, 1.165) is 17.4 Å². The van der Waals surface area contributed by atoms with Gasteiger partial charge in [-0.05, 0) is 13.0 Å². The molecule has 0 bridgehead atoms. The van der Waals surface area contributed by atoms with Crippen LogP contribution >= 0.6 is 11.3 Å². The predicted molar refractivity (Wildman–Crippen MR) is 69.2 cm³/mol. The van der Waals surface area contributed by atoms with Crippen molar-refractivity contribution in [1.82, 2.24) is 14.9 Å². The van der Waals surface area contributed by atoms with Gasteiger partial charge in [0.2, 0.25) is 15.9 Å². The third-order valence-corrected chi connectivity index (χ3v) is 4.80. The molecular formula is C10H11N3O5S2. The van der Waals surface area contributed by atoms with E-state index < -0.39 is 16.0 Å². The summed E-state index contributed by atoms with van der Waals surface area (Å²) in [6.07, 6.45) is 0.260. The summed E-state index contributed by atoms with van der Waals surface area (Å²) in [4.78, 5) is 14.6. The Labute approximate surface area is 118 Å². The van der Waals surface area contributed by atoms with Gasteiger partial charge in [-0.15, -0.1) is 11.3 Å². The molecule has 2 N–H and O–H groups in total. The molecule has 0 aliphatic heterocycles. The summed E-state index contributed by atoms with van der Waals surface area (Å²) in [7, 11) is -3.73. The molecule has 0 aromatic carbocycles. The second kappa shape index (κ2) is 5.69. The average Bonchev–Trinajstić information content (AvgIpc) is 2.98. The number of sulfonamides is 1. The van der Waals surface area contributed by atoms with Gasteiger partial charge in [-0.1, -0.05) is 5.16 Å². The maximum atomic E-state index is 11.9. The number of carbonyl (C=O) groups is 1. The predicted octanol–water partition coefficient (Wildman–Crippen LogP) is 0.659. The third-order valence-electron chi connectivity index (χ3n) is 2.30. The summed E-state index contributed by atoms with van der Waals surface area (Å²) >= 11 is 0.858. The second-order valence-electron chi connectivity index (χ2n) is 3.83. The largest absolute Gasteiger partial charge is 0.477 e. The molecule has 2 rings (SSSR count). The van der Waals surface area contributed by atoms with Crippen LogP contribution in [0.4, 0.5) is 0 Å². The zero-order valence-electron chi connectivity index (χ0n) is 10.4. The normalized spacial score (nSPS) is 11.7. The minimum Gasteiger partial charge on any atom is -0.477 e. The molecule has 0 unspecified atom stereocenters. The number of thiophene rings is 1.